The summed E-state index contributed by atoms with van der Waals surface area (Å²) in [5, 5.41) is 1.74. The van der Waals surface area contributed by atoms with Gasteiger partial charge in [0.2, 0.25) is 0 Å². The van der Waals surface area contributed by atoms with Gasteiger partial charge in [-0.1, -0.05) is 6.58 Å². The predicted molar refractivity (Wildman–Crippen MR) is 56.0 cm³/mol. The summed E-state index contributed by atoms with van der Waals surface area (Å²) in [6.45, 7) is 5.93. The van der Waals surface area contributed by atoms with Crippen molar-refractivity contribution >= 4 is 12.2 Å². The van der Waals surface area contributed by atoms with Gasteiger partial charge < -0.3 is 0 Å². The van der Waals surface area contributed by atoms with Gasteiger partial charge in [-0.2, -0.15) is 0 Å². The fourth-order valence-corrected chi connectivity index (χ4v) is 1.92. The molecular formula is C11H8N4. The maximum absolute atomic E-state index is 4.25. The highest BCUT2D eigenvalue weighted by Crippen LogP contribution is 2.25. The van der Waals surface area contributed by atoms with Crippen LogP contribution in [0.1, 0.15) is 12.5 Å². The van der Waals surface area contributed by atoms with E-state index in [2.05, 4.69) is 26.5 Å². The van der Waals surface area contributed by atoms with Crippen molar-refractivity contribution in [3.8, 4) is 11.4 Å². The van der Waals surface area contributed by atoms with Crippen LogP contribution >= 0.6 is 0 Å². The van der Waals surface area contributed by atoms with Crippen LogP contribution in [0.2, 0.25) is 0 Å². The average Bonchev–Trinajstić information content (AvgIpc) is 2.55. The lowest BCUT2D eigenvalue weighted by Gasteiger charge is -1.97. The third-order valence-electron chi connectivity index (χ3n) is 2.64. The number of nitrogens with zero attached hydrogens (tertiary/aromatic N) is 4. The molecule has 0 fully saturated rings. The first-order chi connectivity index (χ1) is 7.29. The van der Waals surface area contributed by atoms with E-state index >= 15 is 0 Å². The van der Waals surface area contributed by atoms with E-state index in [0.717, 1.165) is 33.1 Å². The Morgan fingerprint density at radius 1 is 1.07 bits per heavy atom. The highest BCUT2D eigenvalue weighted by Gasteiger charge is 2.19. The van der Waals surface area contributed by atoms with Crippen LogP contribution in [0.25, 0.3) is 23.5 Å². The van der Waals surface area contributed by atoms with Gasteiger partial charge in [0.25, 0.3) is 0 Å². The fourth-order valence-electron chi connectivity index (χ4n) is 1.92. The molecule has 72 valence electrons. The van der Waals surface area contributed by atoms with Crippen molar-refractivity contribution in [2.75, 3.05) is 0 Å². The van der Waals surface area contributed by atoms with Crippen molar-refractivity contribution in [1.29, 1.82) is 0 Å². The first kappa shape index (κ1) is 8.23. The normalized spacial score (nSPS) is 12.5. The van der Waals surface area contributed by atoms with Crippen LogP contribution in [0.4, 0.5) is 0 Å². The largest absolute Gasteiger partial charge is 0.244 e. The molecule has 0 radical (unpaired) electrons. The molecule has 0 bridgehead atoms. The monoisotopic (exact) mass is 196 g/mol. The van der Waals surface area contributed by atoms with Gasteiger partial charge in [0, 0.05) is 17.0 Å². The summed E-state index contributed by atoms with van der Waals surface area (Å²) in [7, 11) is 0. The molecule has 0 unspecified atom stereocenters. The van der Waals surface area contributed by atoms with Gasteiger partial charge in [0.15, 0.2) is 0 Å². The Hall–Kier alpha value is -2.10. The summed E-state index contributed by atoms with van der Waals surface area (Å²) in [5.74, 6) is 0. The topological polar surface area (TPSA) is 51.6 Å². The molecule has 3 rings (SSSR count). The Kier molecular flexibility index (Phi) is 1.48. The van der Waals surface area contributed by atoms with E-state index in [-0.39, 0.29) is 0 Å². The summed E-state index contributed by atoms with van der Waals surface area (Å²) in [5.41, 5.74) is 3.87. The van der Waals surface area contributed by atoms with E-state index in [4.69, 9.17) is 0 Å². The highest BCUT2D eigenvalue weighted by atomic mass is 14.9. The third-order valence-corrected chi connectivity index (χ3v) is 2.64. The number of fused-ring (bicyclic) bond motifs is 3. The number of hydrogen-bond donors (Lipinski definition) is 0. The minimum Gasteiger partial charge on any atom is -0.244 e. The summed E-state index contributed by atoms with van der Waals surface area (Å²) >= 11 is 0. The molecular weight excluding hydrogens is 188 g/mol. The van der Waals surface area contributed by atoms with Crippen molar-refractivity contribution in [2.24, 2.45) is 0 Å². The average molecular weight is 196 g/mol. The molecule has 0 atom stereocenters. The van der Waals surface area contributed by atoms with Gasteiger partial charge in [-0.05, 0) is 12.5 Å². The van der Waals surface area contributed by atoms with E-state index in [1.165, 1.54) is 12.7 Å². The third kappa shape index (κ3) is 0.958. The zero-order valence-electron chi connectivity index (χ0n) is 8.23. The molecule has 4 heteroatoms. The Bertz CT molecular complexity index is 661. The van der Waals surface area contributed by atoms with E-state index in [9.17, 15) is 0 Å². The number of aromatic nitrogens is 4. The molecule has 0 spiro atoms. The first-order valence-electron chi connectivity index (χ1n) is 4.60. The van der Waals surface area contributed by atoms with Gasteiger partial charge in [-0.15, -0.1) is 0 Å². The van der Waals surface area contributed by atoms with Gasteiger partial charge in [-0.3, -0.25) is 0 Å². The van der Waals surface area contributed by atoms with Crippen LogP contribution < -0.4 is 10.6 Å². The summed E-state index contributed by atoms with van der Waals surface area (Å²) in [4.78, 5) is 16.6. The van der Waals surface area contributed by atoms with Gasteiger partial charge in [0.1, 0.15) is 24.0 Å². The molecule has 1 aliphatic rings. The Morgan fingerprint density at radius 3 is 2.73 bits per heavy atom. The second-order valence-electron chi connectivity index (χ2n) is 3.45. The van der Waals surface area contributed by atoms with E-state index < -0.39 is 0 Å². The maximum atomic E-state index is 4.25. The SMILES string of the molecule is C=c1ncnc2c1=C(C)c1cncnc1-2. The lowest BCUT2D eigenvalue weighted by Crippen LogP contribution is -2.29. The van der Waals surface area contributed by atoms with Crippen molar-refractivity contribution in [3.63, 3.8) is 0 Å². The minimum atomic E-state index is 0.746. The van der Waals surface area contributed by atoms with Gasteiger partial charge in [-0.25, -0.2) is 19.9 Å². The number of hydrogen-bond acceptors (Lipinski definition) is 4. The van der Waals surface area contributed by atoms with Crippen LogP contribution in [-0.4, -0.2) is 19.9 Å². The lowest BCUT2D eigenvalue weighted by molar-refractivity contribution is 1.09. The standard InChI is InChI=1S/C11H8N4/c1-6-8-3-12-4-14-10(8)11-9(6)7(2)13-5-15-11/h3-5H,2H2,1H3. The van der Waals surface area contributed by atoms with Crippen molar-refractivity contribution in [1.82, 2.24) is 19.9 Å². The first-order valence-corrected chi connectivity index (χ1v) is 4.60. The maximum Gasteiger partial charge on any atom is 0.116 e. The second kappa shape index (κ2) is 2.70. The zero-order valence-corrected chi connectivity index (χ0v) is 8.23. The van der Waals surface area contributed by atoms with Crippen molar-refractivity contribution in [2.45, 2.75) is 6.92 Å². The molecule has 15 heavy (non-hydrogen) atoms. The van der Waals surface area contributed by atoms with Crippen molar-refractivity contribution < 1.29 is 0 Å². The molecule has 2 aromatic heterocycles. The Morgan fingerprint density at radius 2 is 1.87 bits per heavy atom. The van der Waals surface area contributed by atoms with Crippen LogP contribution in [0.5, 0.6) is 0 Å². The summed E-state index contributed by atoms with van der Waals surface area (Å²) in [6, 6.07) is 0. The van der Waals surface area contributed by atoms with E-state index in [1.54, 1.807) is 6.20 Å². The zero-order chi connectivity index (χ0) is 10.4. The van der Waals surface area contributed by atoms with Gasteiger partial charge >= 0.3 is 0 Å². The molecule has 0 aliphatic heterocycles. The minimum absolute atomic E-state index is 0.746. The van der Waals surface area contributed by atoms with E-state index in [1.807, 2.05) is 6.92 Å². The molecule has 2 aromatic rings. The molecule has 1 aliphatic carbocycles. The Labute approximate surface area is 86.1 Å². The molecule has 0 aromatic carbocycles. The van der Waals surface area contributed by atoms with Crippen LogP contribution in [0, 0.1) is 0 Å². The van der Waals surface area contributed by atoms with Crippen LogP contribution in [0.3, 0.4) is 0 Å². The van der Waals surface area contributed by atoms with E-state index in [0.29, 0.717) is 0 Å². The molecule has 0 amide bonds. The van der Waals surface area contributed by atoms with Crippen LogP contribution in [0.15, 0.2) is 18.9 Å². The van der Waals surface area contributed by atoms with Crippen molar-refractivity contribution in [3.05, 3.63) is 35.0 Å². The summed E-state index contributed by atoms with van der Waals surface area (Å²) in [6.07, 6.45) is 4.86. The molecule has 2 heterocycles. The molecule has 0 N–H and O–H groups in total. The summed E-state index contributed by atoms with van der Waals surface area (Å²) < 4.78 is 0. The smallest absolute Gasteiger partial charge is 0.116 e. The second-order valence-corrected chi connectivity index (χ2v) is 3.45. The number of rotatable bonds is 0. The molecule has 0 saturated carbocycles. The molecule has 4 nitrogen and oxygen atoms in total. The predicted octanol–water partition coefficient (Wildman–Crippen LogP) is -0.124. The fraction of sp³-hybridized carbons (Fsp3) is 0.0909. The van der Waals surface area contributed by atoms with Gasteiger partial charge in [0.05, 0.1) is 5.35 Å². The lowest BCUT2D eigenvalue weighted by atomic mass is 10.2. The Balaban J connectivity index is 2.58. The highest BCUT2D eigenvalue weighted by molar-refractivity contribution is 5.83. The molecule has 0 saturated heterocycles. The quantitative estimate of drug-likeness (QED) is 0.589. The van der Waals surface area contributed by atoms with Crippen LogP contribution in [-0.2, 0) is 0 Å².